The molecule has 0 amide bonds. The second-order valence-corrected chi connectivity index (χ2v) is 3.77. The summed E-state index contributed by atoms with van der Waals surface area (Å²) in [4.78, 5) is 22.0. The number of hydrogen-bond acceptors (Lipinski definition) is 2. The Morgan fingerprint density at radius 1 is 0.824 bits per heavy atom. The minimum atomic E-state index is -1.10. The molecule has 0 aliphatic carbocycles. The van der Waals surface area contributed by atoms with E-state index in [0.717, 1.165) is 12.8 Å². The number of rotatable bonds is 8. The Hall–Kier alpha value is -0.521. The summed E-state index contributed by atoms with van der Waals surface area (Å²) in [6, 6.07) is 0. The third-order valence-corrected chi connectivity index (χ3v) is 2.44. The van der Waals surface area contributed by atoms with Crippen molar-refractivity contribution in [1.82, 2.24) is 0 Å². The third-order valence-electron chi connectivity index (χ3n) is 2.44. The van der Waals surface area contributed by atoms with Crippen molar-refractivity contribution in [2.75, 3.05) is 0 Å². The zero-order chi connectivity index (χ0) is 12.6. The average molecular weight is 351 g/mol. The fraction of sp³-hybridized carbons (Fsp3) is 0.667. The summed E-state index contributed by atoms with van der Waals surface area (Å²) in [6.07, 6.45) is 3.83. The van der Waals surface area contributed by atoms with Gasteiger partial charge in [-0.3, -0.25) is 0 Å². The third kappa shape index (κ3) is 7.41. The number of hydrogen-bond donors (Lipinski definition) is 2. The predicted molar refractivity (Wildman–Crippen MR) is 72.7 cm³/mol. The molecule has 0 heterocycles. The summed E-state index contributed by atoms with van der Waals surface area (Å²) in [5.74, 6) is -2.19. The molecule has 0 aromatic heterocycles. The van der Waals surface area contributed by atoms with Crippen LogP contribution in [-0.2, 0) is 9.59 Å². The molecule has 0 spiro atoms. The van der Waals surface area contributed by atoms with Crippen LogP contribution in [0.25, 0.3) is 0 Å². The van der Waals surface area contributed by atoms with Gasteiger partial charge in [-0.25, -0.2) is 9.59 Å². The molecule has 0 radical (unpaired) electrons. The molecule has 0 aliphatic heterocycles. The van der Waals surface area contributed by atoms with Gasteiger partial charge in [-0.05, 0) is 25.7 Å². The fourth-order valence-electron chi connectivity index (χ4n) is 1.48. The summed E-state index contributed by atoms with van der Waals surface area (Å²) in [5.41, 5.74) is 0.144. The zero-order valence-electron chi connectivity index (χ0n) is 9.95. The summed E-state index contributed by atoms with van der Waals surface area (Å²) < 4.78 is 0. The zero-order valence-corrected chi connectivity index (χ0v) is 9.95. The molecule has 0 aromatic rings. The van der Waals surface area contributed by atoms with Crippen molar-refractivity contribution in [3.8, 4) is 0 Å². The fourth-order valence-corrected chi connectivity index (χ4v) is 1.48. The Morgan fingerprint density at radius 2 is 1.12 bits per heavy atom. The maximum atomic E-state index is 11.0. The van der Waals surface area contributed by atoms with Gasteiger partial charge in [0.1, 0.15) is 0 Å². The van der Waals surface area contributed by atoms with E-state index in [1.54, 1.807) is 0 Å². The Bertz CT molecular complexity index is 256. The Morgan fingerprint density at radius 3 is 1.29 bits per heavy atom. The molecular weight excluding hydrogens is 327 g/mol. The van der Waals surface area contributed by atoms with Gasteiger partial charge < -0.3 is 10.2 Å². The van der Waals surface area contributed by atoms with Crippen LogP contribution in [0.5, 0.6) is 0 Å². The first-order valence-electron chi connectivity index (χ1n) is 5.73. The molecule has 100 valence electrons. The number of carboxylic acid groups (broad SMARTS) is 2. The molecular formula is C12H24O4Sn. The molecule has 0 saturated carbocycles. The standard InChI is InChI=1S/C12H20O4.Sn.4H/c1-3-5-7-9(11(13)14)10(12(15)16)8-6-4-2;;;;;/h3-8H2,1-2H3,(H,13,14)(H,15,16);;;;;/b10-9-;;;;;. The van der Waals surface area contributed by atoms with Gasteiger partial charge in [0, 0.05) is 11.1 Å². The number of carboxylic acids is 2. The summed E-state index contributed by atoms with van der Waals surface area (Å²) in [7, 11) is 0. The van der Waals surface area contributed by atoms with Gasteiger partial charge in [-0.1, -0.05) is 26.7 Å². The van der Waals surface area contributed by atoms with Crippen molar-refractivity contribution in [2.45, 2.75) is 52.4 Å². The van der Waals surface area contributed by atoms with Crippen molar-refractivity contribution in [3.05, 3.63) is 11.1 Å². The van der Waals surface area contributed by atoms with Gasteiger partial charge in [-0.2, -0.15) is 0 Å². The van der Waals surface area contributed by atoms with Crippen molar-refractivity contribution in [3.63, 3.8) is 0 Å². The van der Waals surface area contributed by atoms with Crippen molar-refractivity contribution >= 4 is 35.8 Å². The van der Waals surface area contributed by atoms with E-state index in [1.165, 1.54) is 0 Å². The van der Waals surface area contributed by atoms with Gasteiger partial charge in [0.15, 0.2) is 0 Å². The Labute approximate surface area is 119 Å². The molecule has 5 heteroatoms. The van der Waals surface area contributed by atoms with Crippen molar-refractivity contribution in [1.29, 1.82) is 0 Å². The van der Waals surface area contributed by atoms with E-state index in [0.29, 0.717) is 25.7 Å². The van der Waals surface area contributed by atoms with Gasteiger partial charge >= 0.3 is 35.8 Å². The SMILES string of the molecule is CCCC/C(C(=O)O)=C(\CCCC)C(=O)O.[SnH4]. The molecule has 17 heavy (non-hydrogen) atoms. The van der Waals surface area contributed by atoms with Crippen molar-refractivity contribution < 1.29 is 19.8 Å². The van der Waals surface area contributed by atoms with Gasteiger partial charge in [-0.15, -0.1) is 0 Å². The van der Waals surface area contributed by atoms with Crippen LogP contribution in [-0.4, -0.2) is 46.1 Å². The van der Waals surface area contributed by atoms with E-state index in [2.05, 4.69) is 0 Å². The van der Waals surface area contributed by atoms with Crippen LogP contribution in [0.3, 0.4) is 0 Å². The molecule has 0 saturated heterocycles. The van der Waals surface area contributed by atoms with E-state index in [-0.39, 0.29) is 35.1 Å². The topological polar surface area (TPSA) is 74.6 Å². The summed E-state index contributed by atoms with van der Waals surface area (Å²) >= 11 is 0. The molecule has 0 fully saturated rings. The number of carbonyl (C=O) groups is 2. The summed E-state index contributed by atoms with van der Waals surface area (Å²) in [6.45, 7) is 3.90. The van der Waals surface area contributed by atoms with E-state index in [4.69, 9.17) is 10.2 Å². The predicted octanol–water partition coefficient (Wildman–Crippen LogP) is 1.38. The van der Waals surface area contributed by atoms with Crippen LogP contribution in [0.2, 0.25) is 0 Å². The Balaban J connectivity index is 0. The van der Waals surface area contributed by atoms with Crippen molar-refractivity contribution in [2.24, 2.45) is 0 Å². The van der Waals surface area contributed by atoms with E-state index >= 15 is 0 Å². The second-order valence-electron chi connectivity index (χ2n) is 3.77. The quantitative estimate of drug-likeness (QED) is 0.512. The number of unbranched alkanes of at least 4 members (excludes halogenated alkanes) is 2. The van der Waals surface area contributed by atoms with Crippen LogP contribution in [0.4, 0.5) is 0 Å². The molecule has 0 aliphatic rings. The van der Waals surface area contributed by atoms with Crippen LogP contribution < -0.4 is 0 Å². The first kappa shape index (κ1) is 18.8. The summed E-state index contributed by atoms with van der Waals surface area (Å²) in [5, 5.41) is 18.0. The van der Waals surface area contributed by atoms with E-state index in [9.17, 15) is 9.59 Å². The Kier molecular flexibility index (Phi) is 11.8. The normalized spacial score (nSPS) is 11.4. The number of aliphatic carboxylic acids is 2. The molecule has 0 aromatic carbocycles. The maximum absolute atomic E-state index is 11.0. The molecule has 2 N–H and O–H groups in total. The van der Waals surface area contributed by atoms with Crippen LogP contribution in [0.15, 0.2) is 11.1 Å². The average Bonchev–Trinajstić information content (AvgIpc) is 2.21. The van der Waals surface area contributed by atoms with Crippen LogP contribution in [0.1, 0.15) is 52.4 Å². The molecule has 0 bridgehead atoms. The first-order valence-corrected chi connectivity index (χ1v) is 5.73. The molecule has 0 rings (SSSR count). The molecule has 0 unspecified atom stereocenters. The van der Waals surface area contributed by atoms with Gasteiger partial charge in [0.05, 0.1) is 0 Å². The van der Waals surface area contributed by atoms with Crippen LogP contribution in [0, 0.1) is 0 Å². The second kappa shape index (κ2) is 10.6. The van der Waals surface area contributed by atoms with Crippen LogP contribution >= 0.6 is 0 Å². The first-order chi connectivity index (χ1) is 7.54. The molecule has 0 atom stereocenters. The van der Waals surface area contributed by atoms with E-state index in [1.807, 2.05) is 13.8 Å². The molecule has 4 nitrogen and oxygen atoms in total. The van der Waals surface area contributed by atoms with E-state index < -0.39 is 11.9 Å². The van der Waals surface area contributed by atoms with Gasteiger partial charge in [0.25, 0.3) is 0 Å². The van der Waals surface area contributed by atoms with Gasteiger partial charge in [0.2, 0.25) is 0 Å². The monoisotopic (exact) mass is 352 g/mol. The minimum absolute atomic E-state index is 0.